The number of hydrogen-bond acceptors (Lipinski definition) is 0. The van der Waals surface area contributed by atoms with Crippen LogP contribution in [0.25, 0.3) is 11.1 Å². The summed E-state index contributed by atoms with van der Waals surface area (Å²) in [6.45, 7) is 8.17. The van der Waals surface area contributed by atoms with Crippen molar-refractivity contribution in [1.82, 2.24) is 0 Å². The number of hydrogen-bond donors (Lipinski definition) is 0. The number of benzene rings is 1. The zero-order valence-corrected chi connectivity index (χ0v) is 8.52. The average molecular weight is 188 g/mol. The number of fused-ring (bicyclic) bond motifs is 1. The van der Waals surface area contributed by atoms with E-state index in [1.165, 1.54) is 17.2 Å². The summed E-state index contributed by atoms with van der Waals surface area (Å²) in [6.07, 6.45) is 0.932. The minimum Gasteiger partial charge on any atom is -0.207 e. The van der Waals surface area contributed by atoms with Gasteiger partial charge in [0.25, 0.3) is 0 Å². The summed E-state index contributed by atoms with van der Waals surface area (Å²) in [5.41, 5.74) is 5.57. The lowest BCUT2D eigenvalue weighted by Crippen LogP contribution is -1.85. The van der Waals surface area contributed by atoms with Gasteiger partial charge in [0, 0.05) is 0 Å². The fourth-order valence-corrected chi connectivity index (χ4v) is 2.07. The Labute approximate surface area is 83.8 Å². The Morgan fingerprint density at radius 3 is 2.64 bits per heavy atom. The molecule has 14 heavy (non-hydrogen) atoms. The van der Waals surface area contributed by atoms with Crippen molar-refractivity contribution in [1.29, 1.82) is 0 Å². The first-order chi connectivity index (χ1) is 6.65. The summed E-state index contributed by atoms with van der Waals surface area (Å²) >= 11 is 0. The van der Waals surface area contributed by atoms with Crippen LogP contribution in [0.3, 0.4) is 0 Å². The molecule has 72 valence electrons. The van der Waals surface area contributed by atoms with E-state index in [-0.39, 0.29) is 5.82 Å². The van der Waals surface area contributed by atoms with E-state index in [1.807, 2.05) is 6.07 Å². The Hall–Kier alpha value is -1.37. The largest absolute Gasteiger partial charge is 0.207 e. The molecule has 0 aliphatic heterocycles. The van der Waals surface area contributed by atoms with Crippen LogP contribution in [0.15, 0.2) is 30.4 Å². The molecule has 0 radical (unpaired) electrons. The number of allylic oxidation sites excluding steroid dienone is 3. The molecule has 0 heterocycles. The predicted octanol–water partition coefficient (Wildman–Crippen LogP) is 4.04. The van der Waals surface area contributed by atoms with E-state index in [0.717, 1.165) is 23.1 Å². The maximum absolute atomic E-state index is 13.1. The van der Waals surface area contributed by atoms with Gasteiger partial charge in [-0.2, -0.15) is 0 Å². The summed E-state index contributed by atoms with van der Waals surface area (Å²) in [5, 5.41) is 0. The molecule has 0 saturated heterocycles. The lowest BCUT2D eigenvalue weighted by molar-refractivity contribution is 0.627. The van der Waals surface area contributed by atoms with E-state index in [9.17, 15) is 4.39 Å². The lowest BCUT2D eigenvalue weighted by Gasteiger charge is -2.02. The van der Waals surface area contributed by atoms with E-state index in [2.05, 4.69) is 20.4 Å². The van der Waals surface area contributed by atoms with Gasteiger partial charge in [-0.1, -0.05) is 19.6 Å². The van der Waals surface area contributed by atoms with Crippen molar-refractivity contribution >= 4 is 11.1 Å². The molecule has 0 nitrogen and oxygen atoms in total. The highest BCUT2D eigenvalue weighted by Gasteiger charge is 2.20. The molecular formula is C13H13F. The zero-order valence-electron chi connectivity index (χ0n) is 8.52. The van der Waals surface area contributed by atoms with Crippen molar-refractivity contribution in [2.24, 2.45) is 0 Å². The number of rotatable bonds is 1. The average Bonchev–Trinajstić information content (AvgIpc) is 2.39. The third-order valence-corrected chi connectivity index (χ3v) is 2.89. The first kappa shape index (κ1) is 9.20. The van der Waals surface area contributed by atoms with Crippen molar-refractivity contribution in [2.75, 3.05) is 0 Å². The van der Waals surface area contributed by atoms with Crippen LogP contribution in [-0.4, -0.2) is 0 Å². The van der Waals surface area contributed by atoms with Crippen LogP contribution in [-0.2, 0) is 0 Å². The van der Waals surface area contributed by atoms with Crippen LogP contribution in [0.1, 0.15) is 31.4 Å². The van der Waals surface area contributed by atoms with E-state index in [1.54, 1.807) is 6.07 Å². The molecule has 0 saturated carbocycles. The normalized spacial score (nSPS) is 14.9. The van der Waals surface area contributed by atoms with Gasteiger partial charge in [-0.05, 0) is 53.3 Å². The van der Waals surface area contributed by atoms with Gasteiger partial charge >= 0.3 is 0 Å². The minimum atomic E-state index is -0.169. The first-order valence-corrected chi connectivity index (χ1v) is 4.84. The third kappa shape index (κ3) is 1.12. The minimum absolute atomic E-state index is 0.169. The maximum Gasteiger partial charge on any atom is 0.123 e. The Balaban J connectivity index is 2.68. The van der Waals surface area contributed by atoms with E-state index >= 15 is 0 Å². The van der Waals surface area contributed by atoms with Crippen LogP contribution in [0, 0.1) is 5.82 Å². The highest BCUT2D eigenvalue weighted by atomic mass is 19.1. The van der Waals surface area contributed by atoms with Gasteiger partial charge in [-0.3, -0.25) is 0 Å². The van der Waals surface area contributed by atoms with Crippen molar-refractivity contribution in [3.63, 3.8) is 0 Å². The molecule has 0 atom stereocenters. The molecule has 1 aromatic rings. The molecule has 0 aromatic heterocycles. The fourth-order valence-electron chi connectivity index (χ4n) is 2.07. The van der Waals surface area contributed by atoms with Crippen LogP contribution in [0.5, 0.6) is 0 Å². The molecule has 1 heteroatoms. The summed E-state index contributed by atoms with van der Waals surface area (Å²) in [6, 6.07) is 4.92. The molecule has 2 rings (SSSR count). The highest BCUT2D eigenvalue weighted by molar-refractivity contribution is 5.98. The Kier molecular flexibility index (Phi) is 2.03. The molecule has 0 unspecified atom stereocenters. The van der Waals surface area contributed by atoms with E-state index in [0.29, 0.717) is 0 Å². The van der Waals surface area contributed by atoms with Crippen LogP contribution < -0.4 is 0 Å². The predicted molar refractivity (Wildman–Crippen MR) is 58.3 cm³/mol. The Bertz CT molecular complexity index is 439. The van der Waals surface area contributed by atoms with E-state index < -0.39 is 0 Å². The second-order valence-corrected chi connectivity index (χ2v) is 3.63. The van der Waals surface area contributed by atoms with Crippen molar-refractivity contribution in [3.8, 4) is 0 Å². The molecular weight excluding hydrogens is 175 g/mol. The monoisotopic (exact) mass is 188 g/mol. The lowest BCUT2D eigenvalue weighted by atomic mass is 10.0. The Morgan fingerprint density at radius 1 is 1.29 bits per heavy atom. The van der Waals surface area contributed by atoms with Crippen LogP contribution in [0.2, 0.25) is 0 Å². The topological polar surface area (TPSA) is 0 Å². The molecule has 0 N–H and O–H groups in total. The van der Waals surface area contributed by atoms with Crippen molar-refractivity contribution in [2.45, 2.75) is 20.3 Å². The smallest absolute Gasteiger partial charge is 0.123 e. The standard InChI is InChI=1S/C13H13F/c1-4-11-8(2)9(3)12-6-5-10(14)7-13(11)12/h5-7H,3-4H2,1-2H3. The van der Waals surface area contributed by atoms with Crippen molar-refractivity contribution < 1.29 is 4.39 Å². The van der Waals surface area contributed by atoms with Crippen LogP contribution in [0.4, 0.5) is 4.39 Å². The molecule has 1 aliphatic rings. The van der Waals surface area contributed by atoms with Gasteiger partial charge in [0.15, 0.2) is 0 Å². The maximum atomic E-state index is 13.1. The highest BCUT2D eigenvalue weighted by Crippen LogP contribution is 2.41. The zero-order chi connectivity index (χ0) is 10.3. The van der Waals surface area contributed by atoms with E-state index in [4.69, 9.17) is 0 Å². The fraction of sp³-hybridized carbons (Fsp3) is 0.231. The molecule has 1 aliphatic carbocycles. The molecule has 1 aromatic carbocycles. The molecule has 0 fully saturated rings. The summed E-state index contributed by atoms with van der Waals surface area (Å²) < 4.78 is 13.1. The SMILES string of the molecule is C=C1C(C)=C(CC)c2cc(F)ccc21. The summed E-state index contributed by atoms with van der Waals surface area (Å²) in [7, 11) is 0. The first-order valence-electron chi connectivity index (χ1n) is 4.84. The second kappa shape index (κ2) is 3.09. The van der Waals surface area contributed by atoms with Gasteiger partial charge in [0.2, 0.25) is 0 Å². The van der Waals surface area contributed by atoms with Gasteiger partial charge in [0.05, 0.1) is 0 Å². The van der Waals surface area contributed by atoms with Gasteiger partial charge in [0.1, 0.15) is 5.82 Å². The van der Waals surface area contributed by atoms with Gasteiger partial charge < -0.3 is 0 Å². The quantitative estimate of drug-likeness (QED) is 0.624. The summed E-state index contributed by atoms with van der Waals surface area (Å²) in [5.74, 6) is -0.169. The second-order valence-electron chi connectivity index (χ2n) is 3.63. The third-order valence-electron chi connectivity index (χ3n) is 2.89. The molecule has 0 bridgehead atoms. The summed E-state index contributed by atoms with van der Waals surface area (Å²) in [4.78, 5) is 0. The molecule has 0 amide bonds. The Morgan fingerprint density at radius 2 is 2.00 bits per heavy atom. The molecule has 0 spiro atoms. The van der Waals surface area contributed by atoms with Gasteiger partial charge in [-0.25, -0.2) is 4.39 Å². The van der Waals surface area contributed by atoms with Crippen molar-refractivity contribution in [3.05, 3.63) is 47.3 Å². The number of halogens is 1. The van der Waals surface area contributed by atoms with Crippen LogP contribution >= 0.6 is 0 Å². The van der Waals surface area contributed by atoms with Gasteiger partial charge in [-0.15, -0.1) is 0 Å².